The van der Waals surface area contributed by atoms with Gasteiger partial charge in [0, 0.05) is 23.9 Å². The lowest BCUT2D eigenvalue weighted by Gasteiger charge is -2.15. The van der Waals surface area contributed by atoms with Crippen molar-refractivity contribution in [2.75, 3.05) is 11.4 Å². The Balaban J connectivity index is 2.34. The van der Waals surface area contributed by atoms with Crippen molar-refractivity contribution >= 4 is 49.3 Å². The zero-order valence-corrected chi connectivity index (χ0v) is 11.6. The minimum absolute atomic E-state index is 0.0473. The molecule has 0 radical (unpaired) electrons. The van der Waals surface area contributed by atoms with E-state index in [1.54, 1.807) is 0 Å². The first-order chi connectivity index (χ1) is 7.99. The minimum Gasteiger partial charge on any atom is -0.295 e. The summed E-state index contributed by atoms with van der Waals surface area (Å²) in [5.41, 5.74) is -0.109. The molecule has 2 rings (SSSR count). The van der Waals surface area contributed by atoms with Crippen molar-refractivity contribution in [1.82, 2.24) is 4.98 Å². The molecule has 2 heterocycles. The summed E-state index contributed by atoms with van der Waals surface area (Å²) in [6.45, 7) is 0.516. The highest BCUT2D eigenvalue weighted by atomic mass is 79.9. The summed E-state index contributed by atoms with van der Waals surface area (Å²) in [5, 5.41) is 10.6. The van der Waals surface area contributed by atoms with Crippen molar-refractivity contribution in [2.24, 2.45) is 0 Å². The normalized spacial score (nSPS) is 19.8. The maximum Gasteiger partial charge on any atom is 0.288 e. The van der Waals surface area contributed by atoms with Gasteiger partial charge in [0.25, 0.3) is 5.69 Å². The van der Waals surface area contributed by atoms with Gasteiger partial charge >= 0.3 is 0 Å². The summed E-state index contributed by atoms with van der Waals surface area (Å²) in [6, 6.07) is 1.34. The number of pyridine rings is 1. The van der Waals surface area contributed by atoms with Gasteiger partial charge < -0.3 is 0 Å². The molecule has 1 aliphatic heterocycles. The van der Waals surface area contributed by atoms with Crippen LogP contribution < -0.4 is 4.90 Å². The Morgan fingerprint density at radius 2 is 2.29 bits per heavy atom. The second-order valence-corrected chi connectivity index (χ2v) is 5.71. The molecular weight excluding hydrogens is 358 g/mol. The zero-order valence-electron chi connectivity index (χ0n) is 8.47. The molecule has 90 valence electrons. The number of hydrogen-bond donors (Lipinski definition) is 0. The van der Waals surface area contributed by atoms with Crippen LogP contribution in [0, 0.1) is 10.1 Å². The molecule has 0 spiro atoms. The number of halogens is 2. The lowest BCUT2D eigenvalue weighted by atomic mass is 10.4. The van der Waals surface area contributed by atoms with Crippen molar-refractivity contribution in [3.05, 3.63) is 26.9 Å². The quantitative estimate of drug-likeness (QED) is 0.458. The van der Waals surface area contributed by atoms with Crippen LogP contribution in [-0.4, -0.2) is 27.2 Å². The summed E-state index contributed by atoms with van der Waals surface area (Å²) in [7, 11) is 0. The van der Waals surface area contributed by atoms with E-state index >= 15 is 0 Å². The summed E-state index contributed by atoms with van der Waals surface area (Å²) in [5.74, 6) is 0.372. The molecule has 8 heteroatoms. The third-order valence-electron chi connectivity index (χ3n) is 2.35. The highest BCUT2D eigenvalue weighted by Gasteiger charge is 2.31. The van der Waals surface area contributed by atoms with E-state index in [2.05, 4.69) is 36.8 Å². The average Bonchev–Trinajstić information content (AvgIpc) is 2.57. The molecule has 1 aliphatic rings. The Kier molecular flexibility index (Phi) is 3.43. The van der Waals surface area contributed by atoms with Gasteiger partial charge in [-0.3, -0.25) is 19.8 Å². The standard InChI is InChI=1S/C9H7Br2N3O3/c10-5-1-8(15)13(4-5)9-7(11)2-6(3-12-9)14(16)17/h2-3,5H,1,4H2. The summed E-state index contributed by atoms with van der Waals surface area (Å²) in [6.07, 6.45) is 1.56. The van der Waals surface area contributed by atoms with E-state index in [4.69, 9.17) is 0 Å². The van der Waals surface area contributed by atoms with Gasteiger partial charge in [-0.1, -0.05) is 15.9 Å². The topological polar surface area (TPSA) is 76.3 Å². The van der Waals surface area contributed by atoms with Crippen LogP contribution in [0.5, 0.6) is 0 Å². The predicted molar refractivity (Wildman–Crippen MR) is 68.3 cm³/mol. The molecule has 1 aromatic rings. The lowest BCUT2D eigenvalue weighted by molar-refractivity contribution is -0.385. The molecule has 1 atom stereocenters. The summed E-state index contributed by atoms with van der Waals surface area (Å²) < 4.78 is 0.446. The first kappa shape index (κ1) is 12.4. The Morgan fingerprint density at radius 3 is 2.76 bits per heavy atom. The number of nitrogens with zero attached hydrogens (tertiary/aromatic N) is 3. The fraction of sp³-hybridized carbons (Fsp3) is 0.333. The second kappa shape index (κ2) is 4.69. The van der Waals surface area contributed by atoms with Crippen molar-refractivity contribution in [3.8, 4) is 0 Å². The van der Waals surface area contributed by atoms with Crippen LogP contribution in [0.2, 0.25) is 0 Å². The average molecular weight is 365 g/mol. The van der Waals surface area contributed by atoms with Crippen LogP contribution in [0.1, 0.15) is 6.42 Å². The Labute approximate surface area is 113 Å². The highest BCUT2D eigenvalue weighted by molar-refractivity contribution is 9.10. The molecule has 0 aromatic carbocycles. The number of hydrogen-bond acceptors (Lipinski definition) is 4. The molecule has 6 nitrogen and oxygen atoms in total. The van der Waals surface area contributed by atoms with E-state index in [1.165, 1.54) is 11.0 Å². The number of carbonyl (C=O) groups excluding carboxylic acids is 1. The molecule has 17 heavy (non-hydrogen) atoms. The van der Waals surface area contributed by atoms with Gasteiger partial charge in [0.2, 0.25) is 5.91 Å². The van der Waals surface area contributed by atoms with E-state index < -0.39 is 4.92 Å². The molecule has 0 bridgehead atoms. The highest BCUT2D eigenvalue weighted by Crippen LogP contribution is 2.31. The SMILES string of the molecule is O=C1CC(Br)CN1c1ncc([N+](=O)[O-])cc1Br. The fourth-order valence-corrected chi connectivity index (χ4v) is 2.71. The van der Waals surface area contributed by atoms with Gasteiger partial charge in [-0.15, -0.1) is 0 Å². The number of carbonyl (C=O) groups is 1. The molecule has 1 fully saturated rings. The molecule has 0 N–H and O–H groups in total. The smallest absolute Gasteiger partial charge is 0.288 e. The third-order valence-corrected chi connectivity index (χ3v) is 3.55. The van der Waals surface area contributed by atoms with Crippen LogP contribution in [0.3, 0.4) is 0 Å². The lowest BCUT2D eigenvalue weighted by Crippen LogP contribution is -2.26. The van der Waals surface area contributed by atoms with Crippen LogP contribution >= 0.6 is 31.9 Å². The van der Waals surface area contributed by atoms with Crippen LogP contribution in [-0.2, 0) is 4.79 Å². The van der Waals surface area contributed by atoms with Gasteiger partial charge in [-0.05, 0) is 15.9 Å². The number of anilines is 1. The largest absolute Gasteiger partial charge is 0.295 e. The van der Waals surface area contributed by atoms with Crippen LogP contribution in [0.15, 0.2) is 16.7 Å². The van der Waals surface area contributed by atoms with Crippen LogP contribution in [0.4, 0.5) is 11.5 Å². The Bertz CT molecular complexity index is 494. The fourth-order valence-electron chi connectivity index (χ4n) is 1.59. The number of aromatic nitrogens is 1. The predicted octanol–water partition coefficient (Wildman–Crippen LogP) is 2.25. The van der Waals surface area contributed by atoms with Crippen molar-refractivity contribution in [1.29, 1.82) is 0 Å². The third kappa shape index (κ3) is 2.47. The number of nitro groups is 1. The molecule has 1 unspecified atom stereocenters. The van der Waals surface area contributed by atoms with Gasteiger partial charge in [0.05, 0.1) is 9.40 Å². The van der Waals surface area contributed by atoms with Crippen molar-refractivity contribution in [3.63, 3.8) is 0 Å². The minimum atomic E-state index is -0.527. The maximum atomic E-state index is 11.7. The van der Waals surface area contributed by atoms with Crippen LogP contribution in [0.25, 0.3) is 0 Å². The van der Waals surface area contributed by atoms with E-state index in [0.29, 0.717) is 23.3 Å². The van der Waals surface area contributed by atoms with Gasteiger partial charge in [0.15, 0.2) is 0 Å². The van der Waals surface area contributed by atoms with E-state index in [9.17, 15) is 14.9 Å². The van der Waals surface area contributed by atoms with Crippen molar-refractivity contribution in [2.45, 2.75) is 11.2 Å². The van der Waals surface area contributed by atoms with E-state index in [1.807, 2.05) is 0 Å². The Hall–Kier alpha value is -1.02. The molecule has 1 amide bonds. The molecule has 0 saturated carbocycles. The van der Waals surface area contributed by atoms with E-state index in [0.717, 1.165) is 6.20 Å². The van der Waals surface area contributed by atoms with Gasteiger partial charge in [0.1, 0.15) is 12.0 Å². The molecule has 1 saturated heterocycles. The molecule has 1 aromatic heterocycles. The summed E-state index contributed by atoms with van der Waals surface area (Å²) in [4.78, 5) is 27.3. The monoisotopic (exact) mass is 363 g/mol. The number of alkyl halides is 1. The molecule has 0 aliphatic carbocycles. The first-order valence-corrected chi connectivity index (χ1v) is 6.44. The number of rotatable bonds is 2. The van der Waals surface area contributed by atoms with E-state index in [-0.39, 0.29) is 16.4 Å². The maximum absolute atomic E-state index is 11.7. The second-order valence-electron chi connectivity index (χ2n) is 3.56. The Morgan fingerprint density at radius 1 is 1.59 bits per heavy atom. The summed E-state index contributed by atoms with van der Waals surface area (Å²) >= 11 is 6.56. The first-order valence-electron chi connectivity index (χ1n) is 4.73. The van der Waals surface area contributed by atoms with Gasteiger partial charge in [-0.25, -0.2) is 4.98 Å². The van der Waals surface area contributed by atoms with Crippen molar-refractivity contribution < 1.29 is 9.72 Å². The molecular formula is C9H7Br2N3O3. The zero-order chi connectivity index (χ0) is 12.6. The number of amides is 1. The van der Waals surface area contributed by atoms with Gasteiger partial charge in [-0.2, -0.15) is 0 Å².